The van der Waals surface area contributed by atoms with Gasteiger partial charge in [0.25, 0.3) is 0 Å². The van der Waals surface area contributed by atoms with Gasteiger partial charge in [0.15, 0.2) is 5.13 Å². The van der Waals surface area contributed by atoms with E-state index in [-0.39, 0.29) is 0 Å². The van der Waals surface area contributed by atoms with Crippen molar-refractivity contribution in [2.75, 3.05) is 23.8 Å². The second kappa shape index (κ2) is 9.93. The minimum absolute atomic E-state index is 0.350. The molecular formula is C21H22FN5O2S. The average Bonchev–Trinajstić information content (AvgIpc) is 3.21. The van der Waals surface area contributed by atoms with Gasteiger partial charge in [-0.2, -0.15) is 4.39 Å². The lowest BCUT2D eigenvalue weighted by atomic mass is 10.2. The summed E-state index contributed by atoms with van der Waals surface area (Å²) in [6.07, 6.45) is 5.58. The van der Waals surface area contributed by atoms with Crippen molar-refractivity contribution < 1.29 is 14.3 Å². The summed E-state index contributed by atoms with van der Waals surface area (Å²) in [7, 11) is 1.90. The zero-order valence-corrected chi connectivity index (χ0v) is 17.5. The number of carboxylic acid groups (broad SMARTS) is 1. The van der Waals surface area contributed by atoms with Crippen molar-refractivity contribution in [3.63, 3.8) is 0 Å². The SMILES string of the molecule is Cc1ccnc(Nc2cccc(-c3cnc(N(C)CCCC=C(F)C(=O)O)s3)n2)c1. The van der Waals surface area contributed by atoms with Gasteiger partial charge in [-0.25, -0.2) is 19.7 Å². The number of pyridine rings is 2. The Bertz CT molecular complexity index is 1050. The normalized spacial score (nSPS) is 11.4. The summed E-state index contributed by atoms with van der Waals surface area (Å²) < 4.78 is 13.0. The fraction of sp³-hybridized carbons (Fsp3) is 0.238. The molecule has 0 aromatic carbocycles. The highest BCUT2D eigenvalue weighted by Gasteiger charge is 2.11. The molecule has 0 saturated carbocycles. The number of nitrogens with one attached hydrogen (secondary N) is 1. The summed E-state index contributed by atoms with van der Waals surface area (Å²) in [5.74, 6) is -1.22. The average molecular weight is 428 g/mol. The monoisotopic (exact) mass is 427 g/mol. The first-order chi connectivity index (χ1) is 14.4. The standard InChI is InChI=1S/C21H22FN5O2S/c1-14-9-10-23-19(12-14)26-18-8-5-7-16(25-18)17-13-24-21(30-17)27(2)11-4-3-6-15(22)20(28)29/h5-10,12-13H,3-4,11H2,1-2H3,(H,28,29)(H,23,25,26). The number of halogens is 1. The van der Waals surface area contributed by atoms with Crippen molar-refractivity contribution in [3.8, 4) is 10.6 Å². The Hall–Kier alpha value is -3.33. The molecule has 7 nitrogen and oxygen atoms in total. The molecule has 3 heterocycles. The Balaban J connectivity index is 1.62. The summed E-state index contributed by atoms with van der Waals surface area (Å²) in [5.41, 5.74) is 1.91. The van der Waals surface area contributed by atoms with Crippen LogP contribution < -0.4 is 10.2 Å². The first-order valence-electron chi connectivity index (χ1n) is 9.35. The van der Waals surface area contributed by atoms with E-state index in [4.69, 9.17) is 5.11 Å². The van der Waals surface area contributed by atoms with Gasteiger partial charge in [-0.15, -0.1) is 0 Å². The van der Waals surface area contributed by atoms with E-state index in [1.54, 1.807) is 12.4 Å². The van der Waals surface area contributed by atoms with Crippen LogP contribution in [-0.4, -0.2) is 39.6 Å². The van der Waals surface area contributed by atoms with Gasteiger partial charge in [-0.1, -0.05) is 17.4 Å². The van der Waals surface area contributed by atoms with Crippen LogP contribution >= 0.6 is 11.3 Å². The van der Waals surface area contributed by atoms with E-state index in [1.807, 2.05) is 49.2 Å². The van der Waals surface area contributed by atoms with Crippen LogP contribution in [0.4, 0.5) is 21.2 Å². The summed E-state index contributed by atoms with van der Waals surface area (Å²) in [6.45, 7) is 2.63. The molecule has 0 spiro atoms. The molecular weight excluding hydrogens is 405 g/mol. The molecule has 0 atom stereocenters. The van der Waals surface area contributed by atoms with Gasteiger partial charge >= 0.3 is 5.97 Å². The van der Waals surface area contributed by atoms with E-state index in [0.717, 1.165) is 33.2 Å². The molecule has 0 amide bonds. The molecule has 0 fully saturated rings. The Morgan fingerprint density at radius 1 is 1.30 bits per heavy atom. The molecule has 30 heavy (non-hydrogen) atoms. The Labute approximate surface area is 178 Å². The summed E-state index contributed by atoms with van der Waals surface area (Å²) >= 11 is 1.51. The first kappa shape index (κ1) is 21.4. The van der Waals surface area contributed by atoms with Gasteiger partial charge in [0.2, 0.25) is 5.83 Å². The van der Waals surface area contributed by atoms with Crippen LogP contribution in [0.15, 0.2) is 54.6 Å². The Morgan fingerprint density at radius 3 is 2.90 bits per heavy atom. The number of unbranched alkanes of at least 4 members (excludes halogenated alkanes) is 1. The first-order valence-corrected chi connectivity index (χ1v) is 10.2. The third kappa shape index (κ3) is 5.84. The zero-order chi connectivity index (χ0) is 21.5. The summed E-state index contributed by atoms with van der Waals surface area (Å²) in [5, 5.41) is 12.5. The third-order valence-electron chi connectivity index (χ3n) is 4.22. The molecule has 3 rings (SSSR count). The minimum Gasteiger partial charge on any atom is -0.476 e. The van der Waals surface area contributed by atoms with Gasteiger partial charge in [-0.05, 0) is 55.7 Å². The van der Waals surface area contributed by atoms with Crippen molar-refractivity contribution in [2.45, 2.75) is 19.8 Å². The Kier molecular flexibility index (Phi) is 7.08. The topological polar surface area (TPSA) is 91.2 Å². The molecule has 0 aliphatic rings. The number of hydrogen-bond acceptors (Lipinski definition) is 7. The maximum absolute atomic E-state index is 13.0. The number of aryl methyl sites for hydroxylation is 1. The largest absolute Gasteiger partial charge is 0.476 e. The zero-order valence-electron chi connectivity index (χ0n) is 16.7. The smallest absolute Gasteiger partial charge is 0.364 e. The van der Waals surface area contributed by atoms with Crippen molar-refractivity contribution in [3.05, 3.63) is 60.2 Å². The van der Waals surface area contributed by atoms with Crippen molar-refractivity contribution in [2.24, 2.45) is 0 Å². The van der Waals surface area contributed by atoms with Crippen LogP contribution in [0.3, 0.4) is 0 Å². The number of allylic oxidation sites excluding steroid dienone is 1. The van der Waals surface area contributed by atoms with Gasteiger partial charge in [0.05, 0.1) is 10.6 Å². The van der Waals surface area contributed by atoms with E-state index in [9.17, 15) is 9.18 Å². The van der Waals surface area contributed by atoms with Crippen LogP contribution in [0.25, 0.3) is 10.6 Å². The van der Waals surface area contributed by atoms with E-state index in [2.05, 4.69) is 20.3 Å². The Morgan fingerprint density at radius 2 is 2.13 bits per heavy atom. The van der Waals surface area contributed by atoms with E-state index in [0.29, 0.717) is 25.2 Å². The van der Waals surface area contributed by atoms with Crippen LogP contribution in [0.2, 0.25) is 0 Å². The molecule has 3 aromatic rings. The van der Waals surface area contributed by atoms with Gasteiger partial charge in [-0.3, -0.25) is 0 Å². The molecule has 156 valence electrons. The quantitative estimate of drug-likeness (QED) is 0.374. The molecule has 0 aliphatic carbocycles. The maximum Gasteiger partial charge on any atom is 0.364 e. The van der Waals surface area contributed by atoms with Crippen molar-refractivity contribution in [1.82, 2.24) is 15.0 Å². The second-order valence-electron chi connectivity index (χ2n) is 6.68. The predicted octanol–water partition coefficient (Wildman–Crippen LogP) is 4.81. The lowest BCUT2D eigenvalue weighted by Gasteiger charge is -2.14. The lowest BCUT2D eigenvalue weighted by Crippen LogP contribution is -2.17. The second-order valence-corrected chi connectivity index (χ2v) is 7.69. The van der Waals surface area contributed by atoms with Crippen LogP contribution in [0, 0.1) is 6.92 Å². The van der Waals surface area contributed by atoms with E-state index in [1.165, 1.54) is 11.3 Å². The molecule has 0 unspecified atom stereocenters. The van der Waals surface area contributed by atoms with Crippen molar-refractivity contribution >= 4 is 34.1 Å². The van der Waals surface area contributed by atoms with Crippen LogP contribution in [0.1, 0.15) is 18.4 Å². The number of hydrogen-bond donors (Lipinski definition) is 2. The molecule has 3 aromatic heterocycles. The molecule has 2 N–H and O–H groups in total. The van der Waals surface area contributed by atoms with Crippen molar-refractivity contribution in [1.29, 1.82) is 0 Å². The summed E-state index contributed by atoms with van der Waals surface area (Å²) in [6, 6.07) is 9.61. The van der Waals surface area contributed by atoms with Gasteiger partial charge in [0.1, 0.15) is 11.6 Å². The van der Waals surface area contributed by atoms with Crippen LogP contribution in [-0.2, 0) is 4.79 Å². The number of thiazole rings is 1. The highest BCUT2D eigenvalue weighted by atomic mass is 32.1. The highest BCUT2D eigenvalue weighted by Crippen LogP contribution is 2.30. The predicted molar refractivity (Wildman–Crippen MR) is 117 cm³/mol. The van der Waals surface area contributed by atoms with E-state index >= 15 is 0 Å². The number of carbonyl (C=O) groups is 1. The molecule has 0 aliphatic heterocycles. The number of nitrogens with zero attached hydrogens (tertiary/aromatic N) is 4. The summed E-state index contributed by atoms with van der Waals surface area (Å²) in [4.78, 5) is 26.7. The van der Waals surface area contributed by atoms with Crippen LogP contribution in [0.5, 0.6) is 0 Å². The number of carboxylic acids is 1. The molecule has 0 saturated heterocycles. The molecule has 0 bridgehead atoms. The van der Waals surface area contributed by atoms with Gasteiger partial charge < -0.3 is 15.3 Å². The highest BCUT2D eigenvalue weighted by molar-refractivity contribution is 7.18. The number of anilines is 3. The molecule has 0 radical (unpaired) electrons. The number of rotatable bonds is 9. The maximum atomic E-state index is 13.0. The van der Waals surface area contributed by atoms with E-state index < -0.39 is 11.8 Å². The number of aliphatic carboxylic acids is 1. The number of aromatic nitrogens is 3. The fourth-order valence-corrected chi connectivity index (χ4v) is 3.55. The lowest BCUT2D eigenvalue weighted by molar-refractivity contribution is -0.134. The molecule has 9 heteroatoms. The minimum atomic E-state index is -1.53. The van der Waals surface area contributed by atoms with Gasteiger partial charge in [0, 0.05) is 26.0 Å². The fourth-order valence-electron chi connectivity index (χ4n) is 2.68. The third-order valence-corrected chi connectivity index (χ3v) is 5.35.